The van der Waals surface area contributed by atoms with Crippen LogP contribution in [0.4, 0.5) is 0 Å². The molecule has 0 radical (unpaired) electrons. The zero-order valence-electron chi connectivity index (χ0n) is 7.71. The second kappa shape index (κ2) is 4.20. The van der Waals surface area contributed by atoms with Crippen molar-refractivity contribution >= 4 is 11.8 Å². The van der Waals surface area contributed by atoms with Gasteiger partial charge in [-0.15, -0.1) is 0 Å². The standard InChI is InChI=1S/C10H18S/c1-4-6-7-9-8(3)11-10(9)5-2/h4,6,8-10H,5,7H2,1-3H3. The molecule has 1 heteroatoms. The second-order valence-electron chi connectivity index (χ2n) is 3.26. The van der Waals surface area contributed by atoms with Crippen molar-refractivity contribution in [3.8, 4) is 0 Å². The van der Waals surface area contributed by atoms with Gasteiger partial charge >= 0.3 is 0 Å². The van der Waals surface area contributed by atoms with Crippen molar-refractivity contribution in [1.29, 1.82) is 0 Å². The third kappa shape index (κ3) is 2.02. The van der Waals surface area contributed by atoms with Crippen molar-refractivity contribution in [2.75, 3.05) is 0 Å². The molecule has 1 fully saturated rings. The third-order valence-corrected chi connectivity index (χ3v) is 4.33. The van der Waals surface area contributed by atoms with E-state index in [9.17, 15) is 0 Å². The van der Waals surface area contributed by atoms with Gasteiger partial charge in [0, 0.05) is 10.5 Å². The van der Waals surface area contributed by atoms with Gasteiger partial charge in [-0.05, 0) is 25.7 Å². The molecule has 0 nitrogen and oxygen atoms in total. The van der Waals surface area contributed by atoms with E-state index in [0.717, 1.165) is 16.4 Å². The van der Waals surface area contributed by atoms with E-state index in [1.54, 1.807) is 0 Å². The first-order valence-corrected chi connectivity index (χ1v) is 5.50. The van der Waals surface area contributed by atoms with Crippen LogP contribution in [-0.2, 0) is 0 Å². The molecule has 1 rings (SSSR count). The van der Waals surface area contributed by atoms with E-state index in [-0.39, 0.29) is 0 Å². The summed E-state index contributed by atoms with van der Waals surface area (Å²) in [6.07, 6.45) is 7.12. The highest BCUT2D eigenvalue weighted by molar-refractivity contribution is 8.01. The Hall–Kier alpha value is 0.0900. The lowest BCUT2D eigenvalue weighted by Gasteiger charge is -2.41. The highest BCUT2D eigenvalue weighted by atomic mass is 32.2. The first-order chi connectivity index (χ1) is 5.29. The van der Waals surface area contributed by atoms with Crippen molar-refractivity contribution in [2.24, 2.45) is 5.92 Å². The van der Waals surface area contributed by atoms with Crippen LogP contribution in [-0.4, -0.2) is 10.5 Å². The van der Waals surface area contributed by atoms with Gasteiger partial charge in [0.15, 0.2) is 0 Å². The molecule has 0 bridgehead atoms. The fourth-order valence-corrected chi connectivity index (χ4v) is 3.25. The maximum absolute atomic E-state index is 2.35. The van der Waals surface area contributed by atoms with E-state index in [1.807, 2.05) is 0 Å². The van der Waals surface area contributed by atoms with Crippen LogP contribution < -0.4 is 0 Å². The maximum Gasteiger partial charge on any atom is 0.00889 e. The Morgan fingerprint density at radius 1 is 1.45 bits per heavy atom. The van der Waals surface area contributed by atoms with Gasteiger partial charge in [0.05, 0.1) is 0 Å². The zero-order valence-corrected chi connectivity index (χ0v) is 8.53. The molecule has 0 aromatic heterocycles. The minimum Gasteiger partial charge on any atom is -0.155 e. The number of allylic oxidation sites excluding steroid dienone is 2. The molecule has 1 heterocycles. The maximum atomic E-state index is 2.35. The van der Waals surface area contributed by atoms with Crippen molar-refractivity contribution in [3.05, 3.63) is 12.2 Å². The van der Waals surface area contributed by atoms with Gasteiger partial charge in [0.25, 0.3) is 0 Å². The fraction of sp³-hybridized carbons (Fsp3) is 0.800. The van der Waals surface area contributed by atoms with Crippen molar-refractivity contribution in [3.63, 3.8) is 0 Å². The van der Waals surface area contributed by atoms with Gasteiger partial charge in [-0.3, -0.25) is 0 Å². The van der Waals surface area contributed by atoms with Crippen LogP contribution in [0.1, 0.15) is 33.6 Å². The molecule has 64 valence electrons. The smallest absolute Gasteiger partial charge is 0.00889 e. The highest BCUT2D eigenvalue weighted by Gasteiger charge is 2.36. The first kappa shape index (κ1) is 9.18. The van der Waals surface area contributed by atoms with Crippen LogP contribution in [0.5, 0.6) is 0 Å². The summed E-state index contributed by atoms with van der Waals surface area (Å²) in [6, 6.07) is 0. The van der Waals surface area contributed by atoms with Gasteiger partial charge in [0.1, 0.15) is 0 Å². The average Bonchev–Trinajstić information content (AvgIpc) is 2.00. The van der Waals surface area contributed by atoms with Crippen molar-refractivity contribution < 1.29 is 0 Å². The van der Waals surface area contributed by atoms with Crippen LogP contribution in [0.2, 0.25) is 0 Å². The largest absolute Gasteiger partial charge is 0.155 e. The molecule has 0 aromatic rings. The Labute approximate surface area is 74.5 Å². The van der Waals surface area contributed by atoms with Gasteiger partial charge < -0.3 is 0 Å². The Bertz CT molecular complexity index is 140. The minimum atomic E-state index is 0.899. The minimum absolute atomic E-state index is 0.899. The van der Waals surface area contributed by atoms with Crippen molar-refractivity contribution in [1.82, 2.24) is 0 Å². The van der Waals surface area contributed by atoms with Crippen LogP contribution in [0.15, 0.2) is 12.2 Å². The van der Waals surface area contributed by atoms with Crippen LogP contribution in [0.3, 0.4) is 0 Å². The van der Waals surface area contributed by atoms with Gasteiger partial charge in [0.2, 0.25) is 0 Å². The van der Waals surface area contributed by atoms with E-state index in [4.69, 9.17) is 0 Å². The second-order valence-corrected chi connectivity index (χ2v) is 4.88. The molecule has 0 aromatic carbocycles. The van der Waals surface area contributed by atoms with E-state index in [1.165, 1.54) is 12.8 Å². The Kier molecular flexibility index (Phi) is 3.50. The third-order valence-electron chi connectivity index (χ3n) is 2.52. The summed E-state index contributed by atoms with van der Waals surface area (Å²) in [7, 11) is 0. The lowest BCUT2D eigenvalue weighted by atomic mass is 9.94. The predicted octanol–water partition coefficient (Wildman–Crippen LogP) is 3.48. The molecule has 0 saturated carbocycles. The summed E-state index contributed by atoms with van der Waals surface area (Å²) in [5.41, 5.74) is 0. The molecule has 1 saturated heterocycles. The zero-order chi connectivity index (χ0) is 8.27. The molecular formula is C10H18S. The summed E-state index contributed by atoms with van der Waals surface area (Å²) < 4.78 is 0. The normalized spacial score (nSPS) is 37.5. The SMILES string of the molecule is CC=CCC1C(C)SC1CC. The molecule has 0 aliphatic carbocycles. The summed E-state index contributed by atoms with van der Waals surface area (Å²) in [6.45, 7) is 6.76. The van der Waals surface area contributed by atoms with E-state index >= 15 is 0 Å². The number of thioether (sulfide) groups is 1. The molecule has 11 heavy (non-hydrogen) atoms. The Balaban J connectivity index is 2.30. The quantitative estimate of drug-likeness (QED) is 0.584. The lowest BCUT2D eigenvalue weighted by molar-refractivity contribution is 0.452. The van der Waals surface area contributed by atoms with Gasteiger partial charge in [-0.1, -0.05) is 26.0 Å². The number of hydrogen-bond acceptors (Lipinski definition) is 1. The van der Waals surface area contributed by atoms with E-state index in [2.05, 4.69) is 44.7 Å². The Morgan fingerprint density at radius 2 is 2.18 bits per heavy atom. The van der Waals surface area contributed by atoms with Crippen LogP contribution in [0.25, 0.3) is 0 Å². The molecule has 3 atom stereocenters. The summed E-state index contributed by atoms with van der Waals surface area (Å²) >= 11 is 2.15. The molecular weight excluding hydrogens is 152 g/mol. The predicted molar refractivity (Wildman–Crippen MR) is 54.1 cm³/mol. The summed E-state index contributed by atoms with van der Waals surface area (Å²) in [5, 5.41) is 1.84. The summed E-state index contributed by atoms with van der Waals surface area (Å²) in [5.74, 6) is 0.959. The number of hydrogen-bond donors (Lipinski definition) is 0. The molecule has 0 N–H and O–H groups in total. The van der Waals surface area contributed by atoms with E-state index < -0.39 is 0 Å². The van der Waals surface area contributed by atoms with Crippen LogP contribution >= 0.6 is 11.8 Å². The number of rotatable bonds is 3. The first-order valence-electron chi connectivity index (χ1n) is 4.56. The molecule has 0 spiro atoms. The topological polar surface area (TPSA) is 0 Å². The highest BCUT2D eigenvalue weighted by Crippen LogP contribution is 2.45. The van der Waals surface area contributed by atoms with Crippen LogP contribution in [0, 0.1) is 5.92 Å². The average molecular weight is 170 g/mol. The van der Waals surface area contributed by atoms with Gasteiger partial charge in [-0.2, -0.15) is 11.8 Å². The van der Waals surface area contributed by atoms with Crippen molar-refractivity contribution in [2.45, 2.75) is 44.1 Å². The lowest BCUT2D eigenvalue weighted by Crippen LogP contribution is -2.37. The fourth-order valence-electron chi connectivity index (χ4n) is 1.73. The van der Waals surface area contributed by atoms with Gasteiger partial charge in [-0.25, -0.2) is 0 Å². The molecule has 0 amide bonds. The molecule has 3 unspecified atom stereocenters. The van der Waals surface area contributed by atoms with E-state index in [0.29, 0.717) is 0 Å². The summed E-state index contributed by atoms with van der Waals surface area (Å²) in [4.78, 5) is 0. The molecule has 1 aliphatic heterocycles. The molecule has 1 aliphatic rings. The monoisotopic (exact) mass is 170 g/mol. The Morgan fingerprint density at radius 3 is 2.64 bits per heavy atom.